The van der Waals surface area contributed by atoms with Crippen molar-refractivity contribution in [2.45, 2.75) is 31.9 Å². The van der Waals surface area contributed by atoms with Gasteiger partial charge in [0.2, 0.25) is 12.3 Å². The van der Waals surface area contributed by atoms with E-state index < -0.39 is 19.1 Å². The van der Waals surface area contributed by atoms with Crippen LogP contribution in [0.1, 0.15) is 34.5 Å². The summed E-state index contributed by atoms with van der Waals surface area (Å²) < 4.78 is 38.5. The Balaban J connectivity index is 1.46. The highest BCUT2D eigenvalue weighted by Gasteiger charge is 2.27. The van der Waals surface area contributed by atoms with Crippen molar-refractivity contribution in [1.82, 2.24) is 19.8 Å². The molecular formula is C26H30F3N7O3. The number of hydrogen-bond donors (Lipinski definition) is 3. The van der Waals surface area contributed by atoms with Gasteiger partial charge in [-0.05, 0) is 26.0 Å². The number of hydrogen-bond acceptors (Lipinski definition) is 9. The minimum Gasteiger partial charge on any atom is -0.375 e. The van der Waals surface area contributed by atoms with Crippen molar-refractivity contribution in [2.24, 2.45) is 5.92 Å². The van der Waals surface area contributed by atoms with E-state index in [1.807, 2.05) is 11.9 Å². The molecule has 1 aliphatic heterocycles. The zero-order chi connectivity index (χ0) is 28.2. The molecule has 10 nitrogen and oxygen atoms in total. The maximum atomic E-state index is 12.8. The van der Waals surface area contributed by atoms with Crippen molar-refractivity contribution in [3.8, 4) is 11.8 Å². The summed E-state index contributed by atoms with van der Waals surface area (Å²) >= 11 is 0. The fourth-order valence-electron chi connectivity index (χ4n) is 3.86. The molecular weight excluding hydrogens is 515 g/mol. The lowest BCUT2D eigenvalue weighted by Gasteiger charge is -2.32. The van der Waals surface area contributed by atoms with Gasteiger partial charge in [-0.2, -0.15) is 13.2 Å². The fraction of sp³-hybridized carbons (Fsp3) is 0.462. The highest BCUT2D eigenvalue weighted by Crippen LogP contribution is 2.28. The number of aldehydes is 1. The number of amides is 1. The van der Waals surface area contributed by atoms with Crippen LogP contribution in [-0.4, -0.2) is 89.9 Å². The number of nitrogens with one attached hydrogen (secondary N) is 2. The van der Waals surface area contributed by atoms with Crippen molar-refractivity contribution in [3.05, 3.63) is 41.2 Å². The molecule has 1 amide bonds. The second-order valence-corrected chi connectivity index (χ2v) is 9.64. The van der Waals surface area contributed by atoms with Gasteiger partial charge in [-0.15, -0.1) is 0 Å². The van der Waals surface area contributed by atoms with Crippen LogP contribution in [0.5, 0.6) is 0 Å². The summed E-state index contributed by atoms with van der Waals surface area (Å²) in [6.45, 7) is 0.561. The van der Waals surface area contributed by atoms with Gasteiger partial charge in [-0.1, -0.05) is 17.9 Å². The quantitative estimate of drug-likeness (QED) is 0.248. The van der Waals surface area contributed by atoms with Crippen molar-refractivity contribution < 1.29 is 27.9 Å². The molecule has 0 radical (unpaired) electrons. The zero-order valence-corrected chi connectivity index (χ0v) is 21.6. The Bertz CT molecular complexity index is 1270. The minimum atomic E-state index is -4.43. The van der Waals surface area contributed by atoms with Crippen LogP contribution < -0.4 is 15.5 Å². The molecule has 39 heavy (non-hydrogen) atoms. The first kappa shape index (κ1) is 28.1. The van der Waals surface area contributed by atoms with Crippen LogP contribution in [-0.2, 0) is 11.3 Å². The molecule has 3 heterocycles. The number of aliphatic hydroxyl groups excluding tert-OH is 1. The average Bonchev–Trinajstić information content (AvgIpc) is 3.72. The fourth-order valence-corrected chi connectivity index (χ4v) is 3.86. The van der Waals surface area contributed by atoms with E-state index >= 15 is 0 Å². The predicted molar refractivity (Wildman–Crippen MR) is 139 cm³/mol. The molecule has 3 N–H and O–H groups in total. The third kappa shape index (κ3) is 7.81. The zero-order valence-electron chi connectivity index (χ0n) is 21.6. The van der Waals surface area contributed by atoms with E-state index in [0.717, 1.165) is 19.4 Å². The molecule has 2 aromatic heterocycles. The molecule has 2 aromatic rings. The third-order valence-electron chi connectivity index (χ3n) is 6.36. The minimum absolute atomic E-state index is 0.0393. The molecule has 4 rings (SSSR count). The van der Waals surface area contributed by atoms with Crippen LogP contribution >= 0.6 is 0 Å². The van der Waals surface area contributed by atoms with Crippen LogP contribution in [0.15, 0.2) is 24.4 Å². The number of aromatic nitrogens is 2. The monoisotopic (exact) mass is 545 g/mol. The molecule has 1 atom stereocenters. The standard InChI is InChI=1S/C26H30F3N7O3/c1-34-9-10-36(24(38)14-34)13-19-7-8-23(32-21(19)15-37)35(2)25(39)33-22-11-20(31-16-26(27,28)29)18(12-30-22)6-5-17-3-4-17/h7-8,11-12,15,17,25,39H,3-4,9-10,13-14,16H2,1-2H3,(H2,30,31,33). The molecule has 2 aliphatic rings. The van der Waals surface area contributed by atoms with E-state index in [1.54, 1.807) is 17.0 Å². The van der Waals surface area contributed by atoms with Gasteiger partial charge in [0, 0.05) is 50.4 Å². The molecule has 1 saturated heterocycles. The lowest BCUT2D eigenvalue weighted by molar-refractivity contribution is -0.136. The SMILES string of the molecule is CN1CCN(Cc2ccc(N(C)C(O)Nc3cc(NCC(F)(F)F)c(C#CC4CC4)cn3)nc2C=O)C(=O)C1. The molecule has 1 unspecified atom stereocenters. The Morgan fingerprint density at radius 1 is 1.31 bits per heavy atom. The first-order chi connectivity index (χ1) is 18.5. The summed E-state index contributed by atoms with van der Waals surface area (Å²) in [5.74, 6) is 6.47. The van der Waals surface area contributed by atoms with Gasteiger partial charge in [0.05, 0.1) is 17.8 Å². The number of nitrogens with zero attached hydrogens (tertiary/aromatic N) is 5. The van der Waals surface area contributed by atoms with Crippen LogP contribution in [0.2, 0.25) is 0 Å². The van der Waals surface area contributed by atoms with Gasteiger partial charge in [0.15, 0.2) is 6.29 Å². The van der Waals surface area contributed by atoms with E-state index in [2.05, 4.69) is 32.4 Å². The summed E-state index contributed by atoms with van der Waals surface area (Å²) in [5.41, 5.74) is 1.17. The molecule has 0 bridgehead atoms. The summed E-state index contributed by atoms with van der Waals surface area (Å²) in [4.78, 5) is 37.5. The van der Waals surface area contributed by atoms with Gasteiger partial charge < -0.3 is 25.5 Å². The number of halogens is 3. The maximum absolute atomic E-state index is 12.8. The summed E-state index contributed by atoms with van der Waals surface area (Å²) in [6, 6.07) is 4.62. The summed E-state index contributed by atoms with van der Waals surface area (Å²) in [6.07, 6.45) is -1.93. The van der Waals surface area contributed by atoms with Gasteiger partial charge >= 0.3 is 6.18 Å². The normalized spacial score (nSPS) is 16.8. The van der Waals surface area contributed by atoms with E-state index in [0.29, 0.717) is 30.5 Å². The number of pyridine rings is 2. The lowest BCUT2D eigenvalue weighted by atomic mass is 10.1. The van der Waals surface area contributed by atoms with E-state index in [9.17, 15) is 27.9 Å². The smallest absolute Gasteiger partial charge is 0.375 e. The Morgan fingerprint density at radius 2 is 2.08 bits per heavy atom. The molecule has 1 saturated carbocycles. The van der Waals surface area contributed by atoms with Crippen molar-refractivity contribution in [3.63, 3.8) is 0 Å². The topological polar surface area (TPSA) is 114 Å². The highest BCUT2D eigenvalue weighted by molar-refractivity contribution is 5.80. The van der Waals surface area contributed by atoms with Crippen LogP contribution in [0.4, 0.5) is 30.5 Å². The molecule has 0 spiro atoms. The van der Waals surface area contributed by atoms with Gasteiger partial charge in [0.1, 0.15) is 23.9 Å². The van der Waals surface area contributed by atoms with Crippen LogP contribution in [0, 0.1) is 17.8 Å². The number of aliphatic hydroxyl groups is 1. The highest BCUT2D eigenvalue weighted by atomic mass is 19.4. The number of carbonyl (C=O) groups excluding carboxylic acids is 2. The number of anilines is 3. The van der Waals surface area contributed by atoms with E-state index in [4.69, 9.17) is 0 Å². The molecule has 2 fully saturated rings. The Labute approximate surface area is 224 Å². The second kappa shape index (κ2) is 11.9. The van der Waals surface area contributed by atoms with E-state index in [1.165, 1.54) is 24.2 Å². The van der Waals surface area contributed by atoms with Crippen molar-refractivity contribution >= 4 is 29.5 Å². The third-order valence-corrected chi connectivity index (χ3v) is 6.36. The molecule has 0 aromatic carbocycles. The van der Waals surface area contributed by atoms with Gasteiger partial charge in [-0.25, -0.2) is 9.97 Å². The molecule has 13 heteroatoms. The number of piperazine rings is 1. The number of likely N-dealkylation sites (N-methyl/N-ethyl adjacent to an activating group) is 1. The molecule has 208 valence electrons. The van der Waals surface area contributed by atoms with Crippen LogP contribution in [0.3, 0.4) is 0 Å². The van der Waals surface area contributed by atoms with Crippen molar-refractivity contribution in [2.75, 3.05) is 55.8 Å². The molecule has 1 aliphatic carbocycles. The van der Waals surface area contributed by atoms with Gasteiger partial charge in [0.25, 0.3) is 0 Å². The lowest BCUT2D eigenvalue weighted by Crippen LogP contribution is -2.48. The maximum Gasteiger partial charge on any atom is 0.405 e. The first-order valence-corrected chi connectivity index (χ1v) is 12.4. The summed E-state index contributed by atoms with van der Waals surface area (Å²) in [7, 11) is 3.39. The Morgan fingerprint density at radius 3 is 2.74 bits per heavy atom. The van der Waals surface area contributed by atoms with Crippen molar-refractivity contribution in [1.29, 1.82) is 0 Å². The average molecular weight is 546 g/mol. The van der Waals surface area contributed by atoms with E-state index in [-0.39, 0.29) is 41.4 Å². The number of rotatable bonds is 9. The first-order valence-electron chi connectivity index (χ1n) is 12.4. The largest absolute Gasteiger partial charge is 0.405 e. The number of carbonyl (C=O) groups is 2. The Hall–Kier alpha value is -3.89. The van der Waals surface area contributed by atoms with Crippen LogP contribution in [0.25, 0.3) is 0 Å². The number of alkyl halides is 3. The second-order valence-electron chi connectivity index (χ2n) is 9.64. The predicted octanol–water partition coefficient (Wildman–Crippen LogP) is 2.12. The summed E-state index contributed by atoms with van der Waals surface area (Å²) in [5, 5.41) is 15.8. The Kier molecular flexibility index (Phi) is 8.57. The van der Waals surface area contributed by atoms with Gasteiger partial charge in [-0.3, -0.25) is 14.5 Å².